The van der Waals surface area contributed by atoms with Crippen LogP contribution in [0.15, 0.2) is 24.3 Å². The Hall–Kier alpha value is -2.47. The molecule has 1 amide bonds. The third kappa shape index (κ3) is 4.19. The van der Waals surface area contributed by atoms with E-state index in [9.17, 15) is 4.79 Å². The van der Waals surface area contributed by atoms with Crippen molar-refractivity contribution in [2.75, 3.05) is 42.9 Å². The van der Waals surface area contributed by atoms with Crippen LogP contribution in [-0.4, -0.2) is 53.5 Å². The van der Waals surface area contributed by atoms with Gasteiger partial charge >= 0.3 is 0 Å². The van der Waals surface area contributed by atoms with Gasteiger partial charge in [0.25, 0.3) is 5.91 Å². The molecule has 0 atom stereocenters. The number of anilines is 2. The number of aromatic nitrogens is 2. The van der Waals surface area contributed by atoms with Crippen LogP contribution in [-0.2, 0) is 0 Å². The molecule has 1 aliphatic rings. The number of nitrogens with zero attached hydrogens (tertiary/aromatic N) is 4. The Morgan fingerprint density at radius 2 is 1.77 bits per heavy atom. The minimum atomic E-state index is -0.202. The van der Waals surface area contributed by atoms with E-state index in [0.717, 1.165) is 49.7 Å². The predicted molar refractivity (Wildman–Crippen MR) is 105 cm³/mol. The molecule has 0 radical (unpaired) electrons. The van der Waals surface area contributed by atoms with Crippen molar-refractivity contribution in [3.05, 3.63) is 46.8 Å². The van der Waals surface area contributed by atoms with E-state index in [1.54, 1.807) is 6.07 Å². The first kappa shape index (κ1) is 18.3. The van der Waals surface area contributed by atoms with Gasteiger partial charge in [0, 0.05) is 37.6 Å². The second-order valence-electron chi connectivity index (χ2n) is 6.87. The Morgan fingerprint density at radius 1 is 1.04 bits per heavy atom. The number of rotatable bonds is 4. The van der Waals surface area contributed by atoms with Gasteiger partial charge in [-0.25, -0.2) is 9.97 Å². The minimum Gasteiger partial charge on any atom is -0.338 e. The predicted octanol–water partition coefficient (Wildman–Crippen LogP) is 2.80. The molecule has 3 rings (SSSR count). The highest BCUT2D eigenvalue weighted by atomic mass is 16.1. The number of aryl methyl sites for hydroxylation is 3. The van der Waals surface area contributed by atoms with E-state index < -0.39 is 0 Å². The van der Waals surface area contributed by atoms with Crippen LogP contribution in [0.2, 0.25) is 0 Å². The van der Waals surface area contributed by atoms with Gasteiger partial charge in [0.05, 0.1) is 0 Å². The van der Waals surface area contributed by atoms with Crippen molar-refractivity contribution in [2.45, 2.75) is 27.7 Å². The highest BCUT2D eigenvalue weighted by molar-refractivity contribution is 6.03. The molecule has 0 bridgehead atoms. The van der Waals surface area contributed by atoms with Crippen LogP contribution in [0.3, 0.4) is 0 Å². The van der Waals surface area contributed by atoms with Gasteiger partial charge < -0.3 is 15.1 Å². The Balaban J connectivity index is 1.76. The number of nitrogens with one attached hydrogen (secondary N) is 1. The molecule has 2 aromatic rings. The van der Waals surface area contributed by atoms with E-state index in [0.29, 0.717) is 11.6 Å². The summed E-state index contributed by atoms with van der Waals surface area (Å²) in [5, 5.41) is 2.94. The van der Waals surface area contributed by atoms with Crippen molar-refractivity contribution in [1.29, 1.82) is 0 Å². The van der Waals surface area contributed by atoms with Crippen molar-refractivity contribution in [3.8, 4) is 0 Å². The molecule has 6 heteroatoms. The van der Waals surface area contributed by atoms with Crippen LogP contribution in [0.25, 0.3) is 0 Å². The lowest BCUT2D eigenvalue weighted by atomic mass is 10.1. The summed E-state index contributed by atoms with van der Waals surface area (Å²) in [5.74, 6) is 0.443. The molecule has 1 fully saturated rings. The zero-order chi connectivity index (χ0) is 18.7. The molecule has 1 aromatic heterocycles. The average Bonchev–Trinajstić information content (AvgIpc) is 2.64. The molecule has 26 heavy (non-hydrogen) atoms. The van der Waals surface area contributed by atoms with Gasteiger partial charge in [-0.2, -0.15) is 0 Å². The summed E-state index contributed by atoms with van der Waals surface area (Å²) in [6.45, 7) is 13.0. The molecule has 6 nitrogen and oxygen atoms in total. The topological polar surface area (TPSA) is 61.4 Å². The molecular weight excluding hydrogens is 326 g/mol. The summed E-state index contributed by atoms with van der Waals surface area (Å²) in [4.78, 5) is 26.3. The fourth-order valence-electron chi connectivity index (χ4n) is 3.09. The average molecular weight is 353 g/mol. The maximum Gasteiger partial charge on any atom is 0.274 e. The molecular formula is C20H27N5O. The highest BCUT2D eigenvalue weighted by Gasteiger charge is 2.20. The van der Waals surface area contributed by atoms with E-state index in [1.807, 2.05) is 32.0 Å². The molecule has 1 N–H and O–H groups in total. The fourth-order valence-corrected chi connectivity index (χ4v) is 3.09. The lowest BCUT2D eigenvalue weighted by molar-refractivity contribution is 0.102. The summed E-state index contributed by atoms with van der Waals surface area (Å²) in [5.41, 5.74) is 4.35. The van der Waals surface area contributed by atoms with E-state index in [4.69, 9.17) is 0 Å². The number of likely N-dealkylation sites (N-methyl/N-ethyl adjacent to an activating group) is 1. The molecule has 1 aromatic carbocycles. The summed E-state index contributed by atoms with van der Waals surface area (Å²) >= 11 is 0. The number of benzene rings is 1. The Labute approximate surface area is 155 Å². The number of carbonyl (C=O) groups is 1. The lowest BCUT2D eigenvalue weighted by Crippen LogP contribution is -2.47. The highest BCUT2D eigenvalue weighted by Crippen LogP contribution is 2.17. The van der Waals surface area contributed by atoms with Crippen molar-refractivity contribution in [3.63, 3.8) is 0 Å². The summed E-state index contributed by atoms with van der Waals surface area (Å²) < 4.78 is 0. The van der Waals surface area contributed by atoms with Crippen LogP contribution < -0.4 is 10.2 Å². The first-order valence-electron chi connectivity index (χ1n) is 9.18. The number of carbonyl (C=O) groups excluding carboxylic acids is 1. The minimum absolute atomic E-state index is 0.202. The van der Waals surface area contributed by atoms with Crippen LogP contribution in [0.1, 0.15) is 34.2 Å². The van der Waals surface area contributed by atoms with Crippen molar-refractivity contribution in [1.82, 2.24) is 14.9 Å². The zero-order valence-electron chi connectivity index (χ0n) is 16.0. The van der Waals surface area contributed by atoms with Gasteiger partial charge in [-0.3, -0.25) is 4.79 Å². The van der Waals surface area contributed by atoms with Gasteiger partial charge in [0.1, 0.15) is 5.69 Å². The first-order chi connectivity index (χ1) is 12.5. The molecule has 0 spiro atoms. The first-order valence-corrected chi connectivity index (χ1v) is 9.18. The summed E-state index contributed by atoms with van der Waals surface area (Å²) in [6, 6.07) is 7.64. The van der Waals surface area contributed by atoms with E-state index in [1.165, 1.54) is 5.56 Å². The van der Waals surface area contributed by atoms with Crippen molar-refractivity contribution < 1.29 is 4.79 Å². The van der Waals surface area contributed by atoms with Crippen LogP contribution >= 0.6 is 0 Å². The maximum atomic E-state index is 12.7. The van der Waals surface area contributed by atoms with Crippen LogP contribution in [0, 0.1) is 20.8 Å². The largest absolute Gasteiger partial charge is 0.338 e. The molecule has 1 aliphatic heterocycles. The Morgan fingerprint density at radius 3 is 2.42 bits per heavy atom. The van der Waals surface area contributed by atoms with Crippen LogP contribution in [0.4, 0.5) is 11.6 Å². The monoisotopic (exact) mass is 353 g/mol. The third-order valence-electron chi connectivity index (χ3n) is 4.94. The number of hydrogen-bond donors (Lipinski definition) is 1. The molecule has 138 valence electrons. The lowest BCUT2D eigenvalue weighted by Gasteiger charge is -2.34. The van der Waals surface area contributed by atoms with Gasteiger partial charge in [0.2, 0.25) is 5.95 Å². The van der Waals surface area contributed by atoms with Crippen LogP contribution in [0.5, 0.6) is 0 Å². The van der Waals surface area contributed by atoms with Crippen molar-refractivity contribution >= 4 is 17.5 Å². The Kier molecular flexibility index (Phi) is 5.52. The molecule has 2 heterocycles. The number of piperazine rings is 1. The van der Waals surface area contributed by atoms with E-state index >= 15 is 0 Å². The van der Waals surface area contributed by atoms with Gasteiger partial charge in [-0.1, -0.05) is 13.0 Å². The second kappa shape index (κ2) is 7.83. The van der Waals surface area contributed by atoms with E-state index in [2.05, 4.69) is 38.9 Å². The van der Waals surface area contributed by atoms with E-state index in [-0.39, 0.29) is 5.91 Å². The molecule has 0 unspecified atom stereocenters. The molecule has 0 aliphatic carbocycles. The number of hydrogen-bond acceptors (Lipinski definition) is 5. The maximum absolute atomic E-state index is 12.7. The fraction of sp³-hybridized carbons (Fsp3) is 0.450. The normalized spacial score (nSPS) is 15.2. The van der Waals surface area contributed by atoms with Gasteiger partial charge in [-0.05, 0) is 56.6 Å². The third-order valence-corrected chi connectivity index (χ3v) is 4.94. The standard InChI is InChI=1S/C20H27N5O/c1-5-24-8-10-25(11-9-24)20-21-16(4)13-18(23-20)19(26)22-17-7-6-14(2)15(3)12-17/h6-7,12-13H,5,8-11H2,1-4H3,(H,22,26). The summed E-state index contributed by atoms with van der Waals surface area (Å²) in [7, 11) is 0. The smallest absolute Gasteiger partial charge is 0.274 e. The molecule has 1 saturated heterocycles. The zero-order valence-corrected chi connectivity index (χ0v) is 16.0. The SMILES string of the molecule is CCN1CCN(c2nc(C)cc(C(=O)Nc3ccc(C)c(C)c3)n2)CC1. The second-order valence-corrected chi connectivity index (χ2v) is 6.87. The number of amides is 1. The quantitative estimate of drug-likeness (QED) is 0.916. The molecule has 0 saturated carbocycles. The van der Waals surface area contributed by atoms with Crippen molar-refractivity contribution in [2.24, 2.45) is 0 Å². The summed E-state index contributed by atoms with van der Waals surface area (Å²) in [6.07, 6.45) is 0. The van der Waals surface area contributed by atoms with Gasteiger partial charge in [0.15, 0.2) is 0 Å². The Bertz CT molecular complexity index is 797. The van der Waals surface area contributed by atoms with Gasteiger partial charge in [-0.15, -0.1) is 0 Å².